The monoisotopic (exact) mass is 386 g/mol. The Kier molecular flexibility index (Phi) is 5.52. The average Bonchev–Trinajstić information content (AvgIpc) is 3.07. The van der Waals surface area contributed by atoms with Crippen LogP contribution in [0.4, 0.5) is 5.69 Å². The molecular formula is C19H15ClN2O5. The minimum Gasteiger partial charge on any atom is -0.457 e. The molecular weight excluding hydrogens is 372 g/mol. The third-order valence-corrected chi connectivity index (χ3v) is 4.42. The molecule has 1 N–H and O–H groups in total. The van der Waals surface area contributed by atoms with Gasteiger partial charge in [-0.1, -0.05) is 29.8 Å². The zero-order chi connectivity index (χ0) is 19.4. The van der Waals surface area contributed by atoms with E-state index in [9.17, 15) is 19.7 Å². The second-order valence-electron chi connectivity index (χ2n) is 5.87. The van der Waals surface area contributed by atoms with Crippen molar-refractivity contribution >= 4 is 39.9 Å². The maximum Gasteiger partial charge on any atom is 0.306 e. The van der Waals surface area contributed by atoms with Gasteiger partial charge in [0.05, 0.1) is 4.92 Å². The van der Waals surface area contributed by atoms with Crippen LogP contribution in [0, 0.1) is 10.1 Å². The van der Waals surface area contributed by atoms with E-state index in [1.165, 1.54) is 12.1 Å². The SMILES string of the molecule is O=C(CCc1c[nH]c2ccccc12)OCC(=O)c1ccc(Cl)c([N+](=O)[O-])c1. The van der Waals surface area contributed by atoms with Gasteiger partial charge in [0.25, 0.3) is 5.69 Å². The van der Waals surface area contributed by atoms with Gasteiger partial charge >= 0.3 is 5.97 Å². The molecule has 1 aromatic heterocycles. The zero-order valence-corrected chi connectivity index (χ0v) is 14.9. The van der Waals surface area contributed by atoms with Gasteiger partial charge in [-0.25, -0.2) is 0 Å². The fraction of sp³-hybridized carbons (Fsp3) is 0.158. The van der Waals surface area contributed by atoms with Gasteiger partial charge in [-0.05, 0) is 30.2 Å². The van der Waals surface area contributed by atoms with Crippen LogP contribution in [-0.4, -0.2) is 28.3 Å². The predicted octanol–water partition coefficient (Wildman–Crippen LogP) is 4.09. The molecule has 1 heterocycles. The molecule has 2 aromatic carbocycles. The van der Waals surface area contributed by atoms with Gasteiger partial charge in [-0.2, -0.15) is 0 Å². The first-order valence-corrected chi connectivity index (χ1v) is 8.51. The van der Waals surface area contributed by atoms with Crippen molar-refractivity contribution in [2.45, 2.75) is 12.8 Å². The number of nitrogens with one attached hydrogen (secondary N) is 1. The van der Waals surface area contributed by atoms with E-state index >= 15 is 0 Å². The van der Waals surface area contributed by atoms with Crippen LogP contribution >= 0.6 is 11.6 Å². The third kappa shape index (κ3) is 4.32. The maximum absolute atomic E-state index is 12.1. The number of nitrogens with zero attached hydrogens (tertiary/aromatic N) is 1. The second kappa shape index (κ2) is 8.01. The first-order valence-electron chi connectivity index (χ1n) is 8.13. The predicted molar refractivity (Wildman–Crippen MR) is 100 cm³/mol. The third-order valence-electron chi connectivity index (χ3n) is 4.10. The minimum absolute atomic E-state index is 0.0627. The smallest absolute Gasteiger partial charge is 0.306 e. The molecule has 8 heteroatoms. The van der Waals surface area contributed by atoms with Crippen molar-refractivity contribution in [1.29, 1.82) is 0 Å². The highest BCUT2D eigenvalue weighted by Crippen LogP contribution is 2.25. The Hall–Kier alpha value is -3.19. The number of ketones is 1. The summed E-state index contributed by atoms with van der Waals surface area (Å²) in [5.74, 6) is -1.05. The van der Waals surface area contributed by atoms with Gasteiger partial charge in [-0.15, -0.1) is 0 Å². The molecule has 0 unspecified atom stereocenters. The normalized spacial score (nSPS) is 10.7. The number of benzene rings is 2. The number of aromatic nitrogens is 1. The lowest BCUT2D eigenvalue weighted by Gasteiger charge is -2.05. The summed E-state index contributed by atoms with van der Waals surface area (Å²) in [6.45, 7) is -0.481. The fourth-order valence-corrected chi connectivity index (χ4v) is 2.89. The number of aromatic amines is 1. The average molecular weight is 387 g/mol. The number of nitro benzene ring substituents is 1. The first kappa shape index (κ1) is 18.6. The van der Waals surface area contributed by atoms with E-state index in [0.29, 0.717) is 6.42 Å². The van der Waals surface area contributed by atoms with Crippen LogP contribution in [0.5, 0.6) is 0 Å². The van der Waals surface area contributed by atoms with E-state index < -0.39 is 23.3 Å². The van der Waals surface area contributed by atoms with Gasteiger partial charge in [0.15, 0.2) is 6.61 Å². The van der Waals surface area contributed by atoms with Crippen molar-refractivity contribution in [2.75, 3.05) is 6.61 Å². The number of carbonyl (C=O) groups is 2. The molecule has 0 spiro atoms. The quantitative estimate of drug-likeness (QED) is 0.285. The van der Waals surface area contributed by atoms with Crippen LogP contribution in [0.2, 0.25) is 5.02 Å². The maximum atomic E-state index is 12.1. The molecule has 0 saturated heterocycles. The van der Waals surface area contributed by atoms with E-state index in [2.05, 4.69) is 4.98 Å². The lowest BCUT2D eigenvalue weighted by Crippen LogP contribution is -2.14. The molecule has 7 nitrogen and oxygen atoms in total. The van der Waals surface area contributed by atoms with Gasteiger partial charge in [0.1, 0.15) is 5.02 Å². The minimum atomic E-state index is -0.674. The van der Waals surface area contributed by atoms with Crippen LogP contribution in [0.1, 0.15) is 22.3 Å². The van der Waals surface area contributed by atoms with E-state index in [1.807, 2.05) is 30.5 Å². The number of nitro groups is 1. The van der Waals surface area contributed by atoms with Crippen LogP contribution in [-0.2, 0) is 16.0 Å². The molecule has 0 amide bonds. The van der Waals surface area contributed by atoms with Gasteiger partial charge in [-0.3, -0.25) is 19.7 Å². The molecule has 0 fully saturated rings. The summed E-state index contributed by atoms with van der Waals surface area (Å²) in [5, 5.41) is 11.8. The van der Waals surface area contributed by atoms with Crippen molar-refractivity contribution in [2.24, 2.45) is 0 Å². The number of rotatable bonds is 7. The standard InChI is InChI=1S/C19H15ClN2O5/c20-15-7-5-12(9-17(15)22(25)26)18(23)11-27-19(24)8-6-13-10-21-16-4-2-1-3-14(13)16/h1-5,7,9-10,21H,6,8,11H2. The molecule has 0 bridgehead atoms. The van der Waals surface area contributed by atoms with Crippen LogP contribution in [0.15, 0.2) is 48.7 Å². The van der Waals surface area contributed by atoms with E-state index in [4.69, 9.17) is 16.3 Å². The topological polar surface area (TPSA) is 102 Å². The summed E-state index contributed by atoms with van der Waals surface area (Å²) in [6, 6.07) is 11.4. The summed E-state index contributed by atoms with van der Waals surface area (Å²) in [5.41, 5.74) is 1.67. The molecule has 0 aliphatic rings. The lowest BCUT2D eigenvalue weighted by atomic mass is 10.1. The van der Waals surface area contributed by atoms with Gasteiger partial charge < -0.3 is 9.72 Å². The highest BCUT2D eigenvalue weighted by Gasteiger charge is 2.17. The number of para-hydroxylation sites is 1. The largest absolute Gasteiger partial charge is 0.457 e. The van der Waals surface area contributed by atoms with Crippen molar-refractivity contribution in [1.82, 2.24) is 4.98 Å². The molecule has 3 rings (SSSR count). The number of hydrogen-bond donors (Lipinski definition) is 1. The van der Waals surface area contributed by atoms with Gasteiger partial charge in [0, 0.05) is 35.2 Å². The molecule has 27 heavy (non-hydrogen) atoms. The van der Waals surface area contributed by atoms with E-state index in [-0.39, 0.29) is 22.7 Å². The molecule has 0 aliphatic carbocycles. The fourth-order valence-electron chi connectivity index (χ4n) is 2.70. The van der Waals surface area contributed by atoms with E-state index in [1.54, 1.807) is 0 Å². The van der Waals surface area contributed by atoms with Crippen molar-refractivity contribution < 1.29 is 19.2 Å². The Morgan fingerprint density at radius 1 is 1.19 bits per heavy atom. The van der Waals surface area contributed by atoms with Gasteiger partial charge in [0.2, 0.25) is 5.78 Å². The Labute approximate surface area is 159 Å². The molecule has 0 atom stereocenters. The number of hydrogen-bond acceptors (Lipinski definition) is 5. The summed E-state index contributed by atoms with van der Waals surface area (Å²) in [6.07, 6.45) is 2.44. The summed E-state index contributed by atoms with van der Waals surface area (Å²) < 4.78 is 5.00. The van der Waals surface area contributed by atoms with Crippen molar-refractivity contribution in [3.05, 3.63) is 74.9 Å². The Balaban J connectivity index is 1.55. The molecule has 0 aliphatic heterocycles. The second-order valence-corrected chi connectivity index (χ2v) is 6.27. The highest BCUT2D eigenvalue weighted by molar-refractivity contribution is 6.32. The first-order chi connectivity index (χ1) is 13.0. The molecule has 3 aromatic rings. The molecule has 138 valence electrons. The molecule has 0 radical (unpaired) electrons. The number of esters is 1. The van der Waals surface area contributed by atoms with Crippen LogP contribution in [0.25, 0.3) is 10.9 Å². The van der Waals surface area contributed by atoms with Crippen LogP contribution < -0.4 is 0 Å². The van der Waals surface area contributed by atoms with Crippen LogP contribution in [0.3, 0.4) is 0 Å². The number of fused-ring (bicyclic) bond motifs is 1. The number of Topliss-reactive ketones (excluding diaryl/α,β-unsaturated/α-hetero) is 1. The lowest BCUT2D eigenvalue weighted by molar-refractivity contribution is -0.384. The summed E-state index contributed by atoms with van der Waals surface area (Å²) in [7, 11) is 0. The summed E-state index contributed by atoms with van der Waals surface area (Å²) in [4.78, 5) is 37.4. The van der Waals surface area contributed by atoms with Crippen molar-refractivity contribution in [3.8, 4) is 0 Å². The highest BCUT2D eigenvalue weighted by atomic mass is 35.5. The Morgan fingerprint density at radius 2 is 1.96 bits per heavy atom. The number of H-pyrrole nitrogens is 1. The molecule has 0 saturated carbocycles. The van der Waals surface area contributed by atoms with E-state index in [0.717, 1.165) is 22.5 Å². The number of halogens is 1. The Bertz CT molecular complexity index is 1030. The Morgan fingerprint density at radius 3 is 2.74 bits per heavy atom. The number of ether oxygens (including phenoxy) is 1. The summed E-state index contributed by atoms with van der Waals surface area (Å²) >= 11 is 5.71. The number of aryl methyl sites for hydroxylation is 1. The zero-order valence-electron chi connectivity index (χ0n) is 14.1. The number of carbonyl (C=O) groups excluding carboxylic acids is 2. The van der Waals surface area contributed by atoms with Crippen molar-refractivity contribution in [3.63, 3.8) is 0 Å².